The van der Waals surface area contributed by atoms with Gasteiger partial charge in [-0.15, -0.1) is 0 Å². The summed E-state index contributed by atoms with van der Waals surface area (Å²) in [5, 5.41) is 0. The highest BCUT2D eigenvalue weighted by molar-refractivity contribution is 4.77. The Morgan fingerprint density at radius 1 is 0.789 bits per heavy atom. The molecule has 0 heterocycles. The first-order valence-electron chi connectivity index (χ1n) is 8.49. The molecular weight excluding hydrogens is 234 g/mol. The maximum Gasteiger partial charge on any atom is 0.0643 e. The van der Waals surface area contributed by atoms with Crippen molar-refractivity contribution in [1.29, 1.82) is 0 Å². The first kappa shape index (κ1) is 18.9. The van der Waals surface area contributed by atoms with Crippen molar-refractivity contribution in [3.8, 4) is 0 Å². The van der Waals surface area contributed by atoms with Gasteiger partial charge >= 0.3 is 0 Å². The van der Waals surface area contributed by atoms with Crippen molar-refractivity contribution in [2.45, 2.75) is 96.9 Å². The minimum absolute atomic E-state index is 0.129. The quantitative estimate of drug-likeness (QED) is 0.449. The largest absolute Gasteiger partial charge is 0.380 e. The Labute approximate surface area is 121 Å². The van der Waals surface area contributed by atoms with Gasteiger partial charge in [0, 0.05) is 12.1 Å². The third-order valence-corrected chi connectivity index (χ3v) is 3.74. The van der Waals surface area contributed by atoms with E-state index < -0.39 is 0 Å². The molecule has 0 aromatic rings. The summed E-state index contributed by atoms with van der Waals surface area (Å²) in [7, 11) is 0. The molecule has 0 aliphatic carbocycles. The van der Waals surface area contributed by atoms with E-state index in [0.717, 1.165) is 13.0 Å². The van der Waals surface area contributed by atoms with Crippen LogP contribution in [0.4, 0.5) is 0 Å². The van der Waals surface area contributed by atoms with Crippen LogP contribution in [0, 0.1) is 0 Å². The Kier molecular flexibility index (Phi) is 12.9. The maximum atomic E-state index is 6.19. The van der Waals surface area contributed by atoms with Gasteiger partial charge in [0.25, 0.3) is 0 Å². The van der Waals surface area contributed by atoms with Gasteiger partial charge < -0.3 is 10.5 Å². The van der Waals surface area contributed by atoms with Crippen LogP contribution in [-0.2, 0) is 4.74 Å². The molecule has 0 rings (SSSR count). The van der Waals surface area contributed by atoms with E-state index in [1.54, 1.807) is 0 Å². The Balaban J connectivity index is 3.21. The first-order chi connectivity index (χ1) is 9.12. The molecule has 0 radical (unpaired) electrons. The smallest absolute Gasteiger partial charge is 0.0643 e. The third kappa shape index (κ3) is 14.1. The van der Waals surface area contributed by atoms with Gasteiger partial charge in [0.1, 0.15) is 0 Å². The number of ether oxygens (including phenoxy) is 1. The van der Waals surface area contributed by atoms with Crippen molar-refractivity contribution in [2.24, 2.45) is 5.73 Å². The lowest BCUT2D eigenvalue weighted by atomic mass is 9.96. The molecule has 0 amide bonds. The summed E-state index contributed by atoms with van der Waals surface area (Å²) in [6, 6.07) is 0. The highest BCUT2D eigenvalue weighted by Gasteiger charge is 2.17. The van der Waals surface area contributed by atoms with Crippen LogP contribution in [0.1, 0.15) is 91.4 Å². The average Bonchev–Trinajstić information content (AvgIpc) is 2.38. The molecule has 116 valence electrons. The molecule has 0 saturated carbocycles. The Morgan fingerprint density at radius 3 is 1.74 bits per heavy atom. The molecular formula is C17H37NO. The lowest BCUT2D eigenvalue weighted by Crippen LogP contribution is -2.41. The van der Waals surface area contributed by atoms with Crippen LogP contribution in [0.5, 0.6) is 0 Å². The zero-order valence-corrected chi connectivity index (χ0v) is 13.7. The molecule has 0 bridgehead atoms. The Hall–Kier alpha value is -0.0800. The number of hydrogen-bond donors (Lipinski definition) is 1. The lowest BCUT2D eigenvalue weighted by Gasteiger charge is -2.24. The van der Waals surface area contributed by atoms with Crippen molar-refractivity contribution < 1.29 is 4.74 Å². The van der Waals surface area contributed by atoms with Gasteiger partial charge in [0.05, 0.1) is 6.61 Å². The first-order valence-corrected chi connectivity index (χ1v) is 8.49. The molecule has 0 aromatic heterocycles. The van der Waals surface area contributed by atoms with Gasteiger partial charge in [-0.05, 0) is 20.3 Å². The maximum absolute atomic E-state index is 6.19. The van der Waals surface area contributed by atoms with Gasteiger partial charge in [-0.25, -0.2) is 0 Å². The molecule has 1 atom stereocenters. The van der Waals surface area contributed by atoms with Crippen LogP contribution in [-0.4, -0.2) is 18.8 Å². The minimum atomic E-state index is -0.129. The van der Waals surface area contributed by atoms with Gasteiger partial charge in [-0.1, -0.05) is 71.1 Å². The fraction of sp³-hybridized carbons (Fsp3) is 1.00. The fourth-order valence-electron chi connectivity index (χ4n) is 2.42. The molecule has 0 aromatic carbocycles. The van der Waals surface area contributed by atoms with E-state index in [4.69, 9.17) is 10.5 Å². The summed E-state index contributed by atoms with van der Waals surface area (Å²) in [6.45, 7) is 7.87. The van der Waals surface area contributed by atoms with Crippen LogP contribution in [0.2, 0.25) is 0 Å². The second-order valence-electron chi connectivity index (χ2n) is 6.22. The normalized spacial score (nSPS) is 14.5. The summed E-state index contributed by atoms with van der Waals surface area (Å²) in [6.07, 6.45) is 14.9. The molecule has 0 aliphatic heterocycles. The second kappa shape index (κ2) is 12.9. The van der Waals surface area contributed by atoms with Crippen molar-refractivity contribution in [1.82, 2.24) is 0 Å². The molecule has 2 nitrogen and oxygen atoms in total. The number of hydrogen-bond acceptors (Lipinski definition) is 2. The van der Waals surface area contributed by atoms with E-state index in [1.807, 2.05) is 6.92 Å². The van der Waals surface area contributed by atoms with E-state index in [-0.39, 0.29) is 5.54 Å². The predicted molar refractivity (Wildman–Crippen MR) is 85.5 cm³/mol. The molecule has 1 unspecified atom stereocenters. The highest BCUT2D eigenvalue weighted by atomic mass is 16.5. The van der Waals surface area contributed by atoms with Crippen LogP contribution in [0.15, 0.2) is 0 Å². The van der Waals surface area contributed by atoms with Crippen LogP contribution < -0.4 is 5.73 Å². The number of rotatable bonds is 14. The van der Waals surface area contributed by atoms with Crippen molar-refractivity contribution in [3.63, 3.8) is 0 Å². The van der Waals surface area contributed by atoms with Crippen LogP contribution in [0.25, 0.3) is 0 Å². The monoisotopic (exact) mass is 271 g/mol. The molecule has 0 saturated heterocycles. The second-order valence-corrected chi connectivity index (χ2v) is 6.22. The van der Waals surface area contributed by atoms with E-state index in [2.05, 4.69) is 13.8 Å². The summed E-state index contributed by atoms with van der Waals surface area (Å²) in [4.78, 5) is 0. The Bertz CT molecular complexity index is 180. The summed E-state index contributed by atoms with van der Waals surface area (Å²) in [5.74, 6) is 0. The topological polar surface area (TPSA) is 35.2 Å². The van der Waals surface area contributed by atoms with Crippen LogP contribution >= 0.6 is 0 Å². The van der Waals surface area contributed by atoms with E-state index in [1.165, 1.54) is 64.2 Å². The minimum Gasteiger partial charge on any atom is -0.380 e. The van der Waals surface area contributed by atoms with Crippen molar-refractivity contribution in [3.05, 3.63) is 0 Å². The molecule has 0 spiro atoms. The SMILES string of the molecule is CCCCCCCCCCCCC(C)(N)COCC. The Morgan fingerprint density at radius 2 is 1.26 bits per heavy atom. The molecule has 0 aliphatic rings. The van der Waals surface area contributed by atoms with E-state index in [0.29, 0.717) is 6.61 Å². The average molecular weight is 271 g/mol. The van der Waals surface area contributed by atoms with Gasteiger partial charge in [-0.3, -0.25) is 0 Å². The standard InChI is InChI=1S/C17H37NO/c1-4-6-7-8-9-10-11-12-13-14-15-17(3,18)16-19-5-2/h4-16,18H2,1-3H3. The van der Waals surface area contributed by atoms with Gasteiger partial charge in [0.2, 0.25) is 0 Å². The van der Waals surface area contributed by atoms with Crippen LogP contribution in [0.3, 0.4) is 0 Å². The number of nitrogens with two attached hydrogens (primary N) is 1. The molecule has 2 N–H and O–H groups in total. The highest BCUT2D eigenvalue weighted by Crippen LogP contribution is 2.15. The van der Waals surface area contributed by atoms with E-state index in [9.17, 15) is 0 Å². The van der Waals surface area contributed by atoms with E-state index >= 15 is 0 Å². The van der Waals surface area contributed by atoms with Crippen molar-refractivity contribution >= 4 is 0 Å². The summed E-state index contributed by atoms with van der Waals surface area (Å²) < 4.78 is 5.42. The fourth-order valence-corrected chi connectivity index (χ4v) is 2.42. The summed E-state index contributed by atoms with van der Waals surface area (Å²) >= 11 is 0. The zero-order chi connectivity index (χ0) is 14.4. The van der Waals surface area contributed by atoms with Gasteiger partial charge in [0.15, 0.2) is 0 Å². The third-order valence-electron chi connectivity index (χ3n) is 3.74. The molecule has 0 fully saturated rings. The predicted octanol–water partition coefficient (Wildman–Crippen LogP) is 5.05. The zero-order valence-electron chi connectivity index (χ0n) is 13.7. The molecule has 19 heavy (non-hydrogen) atoms. The summed E-state index contributed by atoms with van der Waals surface area (Å²) in [5.41, 5.74) is 6.06. The molecule has 2 heteroatoms. The van der Waals surface area contributed by atoms with Crippen molar-refractivity contribution in [2.75, 3.05) is 13.2 Å². The number of unbranched alkanes of at least 4 members (excludes halogenated alkanes) is 9. The lowest BCUT2D eigenvalue weighted by molar-refractivity contribution is 0.0964. The van der Waals surface area contributed by atoms with Gasteiger partial charge in [-0.2, -0.15) is 0 Å².